The maximum Gasteiger partial charge on any atom is 0.306 e. The van der Waals surface area contributed by atoms with E-state index < -0.39 is 32.5 Å². The molecule has 0 amide bonds. The highest BCUT2D eigenvalue weighted by Gasteiger charge is 2.21. The molecule has 0 aromatic rings. The Bertz CT molecular complexity index is 1020. The highest BCUT2D eigenvalue weighted by atomic mass is 31.2. The molecule has 0 aliphatic heterocycles. The molecule has 0 radical (unpaired) electrons. The molecule has 9 nitrogen and oxygen atoms in total. The van der Waals surface area contributed by atoms with Crippen molar-refractivity contribution < 1.29 is 42.1 Å². The first-order valence-corrected chi connectivity index (χ1v) is 26.4. The molecule has 0 aliphatic carbocycles. The zero-order chi connectivity index (χ0) is 43.6. The lowest BCUT2D eigenvalue weighted by atomic mass is 10.0. The minimum absolute atomic E-state index is 0.0318. The number of hydrogen-bond donors (Lipinski definition) is 0. The molecule has 0 bridgehead atoms. The SMILES string of the molecule is CCCCCCCCCCCCC/C=C/CCC(=O)OC[C@H](COP(=O)([O-])OCC[N+](C)(C)C)OC(=O)CCCCCCCCCCCCCCCCCCCCCC. The molecule has 0 saturated carbocycles. The molecule has 0 heterocycles. The number of allylic oxidation sites excluding steroid dienone is 2. The molecule has 0 N–H and O–H groups in total. The van der Waals surface area contributed by atoms with Crippen LogP contribution < -0.4 is 4.89 Å². The highest BCUT2D eigenvalue weighted by molar-refractivity contribution is 7.45. The number of esters is 2. The Labute approximate surface area is 365 Å². The van der Waals surface area contributed by atoms with Gasteiger partial charge in [0.1, 0.15) is 19.8 Å². The van der Waals surface area contributed by atoms with Crippen molar-refractivity contribution in [3.8, 4) is 0 Å². The summed E-state index contributed by atoms with van der Waals surface area (Å²) >= 11 is 0. The summed E-state index contributed by atoms with van der Waals surface area (Å²) in [7, 11) is 1.16. The third kappa shape index (κ3) is 46.1. The maximum atomic E-state index is 12.7. The lowest BCUT2D eigenvalue weighted by Gasteiger charge is -2.28. The van der Waals surface area contributed by atoms with Crippen LogP contribution in [-0.4, -0.2) is 70.0 Å². The number of phosphoric ester groups is 1. The van der Waals surface area contributed by atoms with Crippen molar-refractivity contribution in [3.63, 3.8) is 0 Å². The van der Waals surface area contributed by atoms with E-state index in [1.807, 2.05) is 27.2 Å². The van der Waals surface area contributed by atoms with Crippen LogP contribution in [0.15, 0.2) is 12.2 Å². The Morgan fingerprint density at radius 3 is 1.32 bits per heavy atom. The minimum atomic E-state index is -4.63. The van der Waals surface area contributed by atoms with Crippen molar-refractivity contribution in [1.82, 2.24) is 0 Å². The third-order valence-corrected chi connectivity index (χ3v) is 12.0. The van der Waals surface area contributed by atoms with Crippen LogP contribution in [-0.2, 0) is 32.7 Å². The average molecular weight is 858 g/mol. The van der Waals surface area contributed by atoms with E-state index in [1.165, 1.54) is 173 Å². The summed E-state index contributed by atoms with van der Waals surface area (Å²) in [6, 6.07) is 0. The van der Waals surface area contributed by atoms with Gasteiger partial charge < -0.3 is 27.9 Å². The summed E-state index contributed by atoms with van der Waals surface area (Å²) in [6.45, 7) is 4.23. The number of hydrogen-bond acceptors (Lipinski definition) is 8. The van der Waals surface area contributed by atoms with Crippen molar-refractivity contribution in [1.29, 1.82) is 0 Å². The Morgan fingerprint density at radius 2 is 0.898 bits per heavy atom. The second-order valence-electron chi connectivity index (χ2n) is 18.2. The van der Waals surface area contributed by atoms with Crippen molar-refractivity contribution in [2.45, 2.75) is 245 Å². The number of ether oxygens (including phenoxy) is 2. The van der Waals surface area contributed by atoms with Crippen LogP contribution in [0.4, 0.5) is 0 Å². The Hall–Kier alpha value is -1.25. The summed E-state index contributed by atoms with van der Waals surface area (Å²) in [5.74, 6) is -0.877. The second kappa shape index (κ2) is 42.1. The van der Waals surface area contributed by atoms with E-state index in [4.69, 9.17) is 18.5 Å². The summed E-state index contributed by atoms with van der Waals surface area (Å²) in [5, 5.41) is 0. The Kier molecular flexibility index (Phi) is 41.2. The minimum Gasteiger partial charge on any atom is -0.756 e. The number of carbonyl (C=O) groups is 2. The van der Waals surface area contributed by atoms with Crippen LogP contribution in [0.1, 0.15) is 239 Å². The quantitative estimate of drug-likeness (QED) is 0.0196. The summed E-state index contributed by atoms with van der Waals surface area (Å²) in [4.78, 5) is 37.6. The molecule has 1 unspecified atom stereocenters. The molecule has 59 heavy (non-hydrogen) atoms. The smallest absolute Gasteiger partial charge is 0.306 e. The van der Waals surface area contributed by atoms with E-state index in [-0.39, 0.29) is 26.1 Å². The molecule has 0 aromatic heterocycles. The fourth-order valence-electron chi connectivity index (χ4n) is 7.15. The molecule has 10 heteroatoms. The number of carbonyl (C=O) groups excluding carboxylic acids is 2. The van der Waals surface area contributed by atoms with Crippen LogP contribution in [0.25, 0.3) is 0 Å². The number of unbranched alkanes of at least 4 members (excludes halogenated alkanes) is 30. The zero-order valence-corrected chi connectivity index (χ0v) is 40.4. The molecular weight excluding hydrogens is 762 g/mol. The third-order valence-electron chi connectivity index (χ3n) is 11.0. The van der Waals surface area contributed by atoms with Gasteiger partial charge in [0, 0.05) is 12.8 Å². The monoisotopic (exact) mass is 858 g/mol. The number of quaternary nitrogens is 1. The van der Waals surface area contributed by atoms with Crippen molar-refractivity contribution >= 4 is 19.8 Å². The summed E-state index contributed by atoms with van der Waals surface area (Å²) < 4.78 is 34.0. The molecule has 0 saturated heterocycles. The molecule has 2 atom stereocenters. The van der Waals surface area contributed by atoms with Gasteiger partial charge in [-0.1, -0.05) is 212 Å². The van der Waals surface area contributed by atoms with Crippen LogP contribution in [0, 0.1) is 0 Å². The average Bonchev–Trinajstić information content (AvgIpc) is 3.19. The van der Waals surface area contributed by atoms with Gasteiger partial charge in [-0.2, -0.15) is 0 Å². The van der Waals surface area contributed by atoms with E-state index in [9.17, 15) is 19.0 Å². The fourth-order valence-corrected chi connectivity index (χ4v) is 7.87. The normalized spacial score (nSPS) is 13.5. The topological polar surface area (TPSA) is 111 Å². The van der Waals surface area contributed by atoms with Gasteiger partial charge in [-0.25, -0.2) is 0 Å². The van der Waals surface area contributed by atoms with Gasteiger partial charge in [-0.3, -0.25) is 14.2 Å². The molecule has 0 fully saturated rings. The molecule has 350 valence electrons. The molecule has 0 rings (SSSR count). The van der Waals surface area contributed by atoms with E-state index in [1.54, 1.807) is 0 Å². The summed E-state index contributed by atoms with van der Waals surface area (Å²) in [5.41, 5.74) is 0. The number of likely N-dealkylation sites (N-methyl/N-ethyl adjacent to an activating group) is 1. The summed E-state index contributed by atoms with van der Waals surface area (Å²) in [6.07, 6.45) is 45.4. The van der Waals surface area contributed by atoms with Gasteiger partial charge in [0.15, 0.2) is 6.10 Å². The van der Waals surface area contributed by atoms with Gasteiger partial charge in [0.25, 0.3) is 7.82 Å². The first kappa shape index (κ1) is 57.8. The maximum absolute atomic E-state index is 12.7. The number of rotatable bonds is 46. The van der Waals surface area contributed by atoms with Crippen LogP contribution >= 0.6 is 7.82 Å². The highest BCUT2D eigenvalue weighted by Crippen LogP contribution is 2.38. The number of phosphoric acid groups is 1. The second-order valence-corrected chi connectivity index (χ2v) is 19.6. The van der Waals surface area contributed by atoms with Crippen LogP contribution in [0.5, 0.6) is 0 Å². The Balaban J connectivity index is 4.26. The standard InChI is InChI=1S/C49H96NO8P/c1-6-8-10-12-14-16-18-20-22-23-24-25-26-28-30-32-34-36-38-40-42-49(52)58-47(46-57-59(53,54)56-44-43-50(3,4)5)45-55-48(51)41-39-37-35-33-31-29-27-21-19-17-15-13-11-9-7-2/h35,37,47H,6-34,36,38-46H2,1-5H3/b37-35+/t47-/m1/s1. The van der Waals surface area contributed by atoms with Crippen LogP contribution in [0.3, 0.4) is 0 Å². The predicted molar refractivity (Wildman–Crippen MR) is 245 cm³/mol. The molecule has 0 aliphatic rings. The molecule has 0 aromatic carbocycles. The molecule has 0 spiro atoms. The van der Waals surface area contributed by atoms with Gasteiger partial charge in [-0.15, -0.1) is 0 Å². The first-order valence-electron chi connectivity index (χ1n) is 24.9. The van der Waals surface area contributed by atoms with Crippen molar-refractivity contribution in [3.05, 3.63) is 12.2 Å². The van der Waals surface area contributed by atoms with Gasteiger partial charge >= 0.3 is 11.9 Å². The van der Waals surface area contributed by atoms with Gasteiger partial charge in [0.05, 0.1) is 27.7 Å². The molecular formula is C49H96NO8P. The van der Waals surface area contributed by atoms with E-state index in [0.29, 0.717) is 23.9 Å². The largest absolute Gasteiger partial charge is 0.756 e. The fraction of sp³-hybridized carbons (Fsp3) is 0.918. The van der Waals surface area contributed by atoms with Crippen molar-refractivity contribution in [2.24, 2.45) is 0 Å². The van der Waals surface area contributed by atoms with E-state index in [0.717, 1.165) is 25.7 Å². The Morgan fingerprint density at radius 1 is 0.508 bits per heavy atom. The lowest BCUT2D eigenvalue weighted by molar-refractivity contribution is -0.870. The van der Waals surface area contributed by atoms with Gasteiger partial charge in [-0.05, 0) is 25.7 Å². The number of nitrogens with zero attached hydrogens (tertiary/aromatic N) is 1. The van der Waals surface area contributed by atoms with E-state index in [2.05, 4.69) is 19.9 Å². The predicted octanol–water partition coefficient (Wildman–Crippen LogP) is 13.9. The van der Waals surface area contributed by atoms with Crippen LogP contribution in [0.2, 0.25) is 0 Å². The lowest BCUT2D eigenvalue weighted by Crippen LogP contribution is -2.37. The van der Waals surface area contributed by atoms with E-state index >= 15 is 0 Å². The van der Waals surface area contributed by atoms with Gasteiger partial charge in [0.2, 0.25) is 0 Å². The zero-order valence-electron chi connectivity index (χ0n) is 39.5. The first-order chi connectivity index (χ1) is 28.5. The van der Waals surface area contributed by atoms with Crippen molar-refractivity contribution in [2.75, 3.05) is 47.5 Å².